The predicted octanol–water partition coefficient (Wildman–Crippen LogP) is 2.13. The number of morpholine rings is 1. The number of hydrogen-bond donors (Lipinski definition) is 0. The summed E-state index contributed by atoms with van der Waals surface area (Å²) in [5.74, 6) is 5.70. The van der Waals surface area contributed by atoms with Crippen LogP contribution in [0.1, 0.15) is 5.56 Å². The molecule has 3 nitrogen and oxygen atoms in total. The molecule has 1 saturated heterocycles. The number of alkyl halides is 1. The summed E-state index contributed by atoms with van der Waals surface area (Å²) in [5, 5.41) is 0. The smallest absolute Gasteiger partial charge is 0.165 e. The first-order chi connectivity index (χ1) is 9.79. The van der Waals surface area contributed by atoms with Crippen LogP contribution in [0.15, 0.2) is 18.2 Å². The van der Waals surface area contributed by atoms with Gasteiger partial charge in [-0.15, -0.1) is 11.6 Å². The van der Waals surface area contributed by atoms with Gasteiger partial charge in [-0.3, -0.25) is 4.90 Å². The van der Waals surface area contributed by atoms with Crippen molar-refractivity contribution in [3.05, 3.63) is 29.6 Å². The quantitative estimate of drug-likeness (QED) is 0.628. The molecule has 0 bridgehead atoms. The molecule has 5 heteroatoms. The number of rotatable bonds is 4. The molecule has 1 aliphatic rings. The maximum atomic E-state index is 13.6. The highest BCUT2D eigenvalue weighted by atomic mass is 35.5. The minimum Gasteiger partial charge on any atom is -0.489 e. The van der Waals surface area contributed by atoms with Gasteiger partial charge in [0.15, 0.2) is 11.6 Å². The van der Waals surface area contributed by atoms with E-state index in [1.165, 1.54) is 6.07 Å². The van der Waals surface area contributed by atoms with E-state index in [-0.39, 0.29) is 17.4 Å². The Labute approximate surface area is 123 Å². The van der Waals surface area contributed by atoms with E-state index in [9.17, 15) is 4.39 Å². The van der Waals surface area contributed by atoms with Gasteiger partial charge in [-0.25, -0.2) is 4.39 Å². The highest BCUT2D eigenvalue weighted by Crippen LogP contribution is 2.18. The molecular formula is C15H17ClFNO2. The van der Waals surface area contributed by atoms with E-state index < -0.39 is 0 Å². The van der Waals surface area contributed by atoms with Crippen LogP contribution < -0.4 is 4.74 Å². The van der Waals surface area contributed by atoms with Gasteiger partial charge in [0.2, 0.25) is 0 Å². The SMILES string of the molecule is Fc1ccc(C#CCCl)cc1OCCN1CCOCC1. The summed E-state index contributed by atoms with van der Waals surface area (Å²) >= 11 is 5.50. The van der Waals surface area contributed by atoms with Crippen molar-refractivity contribution in [3.8, 4) is 17.6 Å². The van der Waals surface area contributed by atoms with Crippen LogP contribution in [0.25, 0.3) is 0 Å². The molecule has 0 radical (unpaired) electrons. The van der Waals surface area contributed by atoms with Crippen LogP contribution in [0.5, 0.6) is 5.75 Å². The number of hydrogen-bond acceptors (Lipinski definition) is 3. The summed E-state index contributed by atoms with van der Waals surface area (Å²) in [6.45, 7) is 4.50. The van der Waals surface area contributed by atoms with E-state index in [1.54, 1.807) is 12.1 Å². The fourth-order valence-corrected chi connectivity index (χ4v) is 2.00. The summed E-state index contributed by atoms with van der Waals surface area (Å²) in [6, 6.07) is 4.58. The zero-order chi connectivity index (χ0) is 14.2. The Bertz CT molecular complexity index is 492. The van der Waals surface area contributed by atoms with Gasteiger partial charge >= 0.3 is 0 Å². The maximum Gasteiger partial charge on any atom is 0.165 e. The molecule has 1 aromatic carbocycles. The number of ether oxygens (including phenoxy) is 2. The molecule has 0 aromatic heterocycles. The molecule has 1 aliphatic heterocycles. The van der Waals surface area contributed by atoms with Crippen LogP contribution in [-0.4, -0.2) is 50.2 Å². The third kappa shape index (κ3) is 4.68. The molecule has 20 heavy (non-hydrogen) atoms. The molecule has 0 atom stereocenters. The maximum absolute atomic E-state index is 13.6. The lowest BCUT2D eigenvalue weighted by Crippen LogP contribution is -2.38. The van der Waals surface area contributed by atoms with Gasteiger partial charge in [0.05, 0.1) is 19.1 Å². The summed E-state index contributed by atoms with van der Waals surface area (Å²) in [6.07, 6.45) is 0. The molecule has 1 fully saturated rings. The Hall–Kier alpha value is -1.28. The average molecular weight is 298 g/mol. The fraction of sp³-hybridized carbons (Fsp3) is 0.467. The summed E-state index contributed by atoms with van der Waals surface area (Å²) in [4.78, 5) is 2.23. The van der Waals surface area contributed by atoms with Crippen LogP contribution in [0, 0.1) is 17.7 Å². The molecule has 108 valence electrons. The second kappa shape index (κ2) is 8.11. The molecule has 0 N–H and O–H groups in total. The Morgan fingerprint density at radius 3 is 2.90 bits per heavy atom. The van der Waals surface area contributed by atoms with Gasteiger partial charge in [-0.2, -0.15) is 0 Å². The van der Waals surface area contributed by atoms with Crippen molar-refractivity contribution < 1.29 is 13.9 Å². The van der Waals surface area contributed by atoms with Crippen LogP contribution in [0.4, 0.5) is 4.39 Å². The Balaban J connectivity index is 1.87. The van der Waals surface area contributed by atoms with Crippen LogP contribution in [-0.2, 0) is 4.74 Å². The van der Waals surface area contributed by atoms with Crippen molar-refractivity contribution in [1.82, 2.24) is 4.90 Å². The van der Waals surface area contributed by atoms with Gasteiger partial charge in [0, 0.05) is 25.2 Å². The number of halogens is 2. The van der Waals surface area contributed by atoms with E-state index >= 15 is 0 Å². The minimum absolute atomic E-state index is 0.236. The highest BCUT2D eigenvalue weighted by molar-refractivity contribution is 6.19. The standard InChI is InChI=1S/C15H17ClFNO2/c16-5-1-2-13-3-4-14(17)15(12-13)20-11-8-18-6-9-19-10-7-18/h3-4,12H,5-11H2. The molecule has 0 aliphatic carbocycles. The van der Waals surface area contributed by atoms with Gasteiger partial charge < -0.3 is 9.47 Å². The summed E-state index contributed by atoms with van der Waals surface area (Å²) < 4.78 is 24.4. The summed E-state index contributed by atoms with van der Waals surface area (Å²) in [5.41, 5.74) is 0.702. The van der Waals surface area contributed by atoms with Crippen molar-refractivity contribution in [1.29, 1.82) is 0 Å². The predicted molar refractivity (Wildman–Crippen MR) is 76.8 cm³/mol. The Morgan fingerprint density at radius 2 is 2.15 bits per heavy atom. The zero-order valence-corrected chi connectivity index (χ0v) is 12.0. The monoisotopic (exact) mass is 297 g/mol. The van der Waals surface area contributed by atoms with E-state index in [0.29, 0.717) is 12.2 Å². The lowest BCUT2D eigenvalue weighted by atomic mass is 10.2. The van der Waals surface area contributed by atoms with Crippen LogP contribution >= 0.6 is 11.6 Å². The van der Waals surface area contributed by atoms with E-state index in [2.05, 4.69) is 16.7 Å². The first kappa shape index (κ1) is 15.1. The second-order valence-electron chi connectivity index (χ2n) is 4.38. The Morgan fingerprint density at radius 1 is 1.35 bits per heavy atom. The normalized spacial score (nSPS) is 15.5. The largest absolute Gasteiger partial charge is 0.489 e. The highest BCUT2D eigenvalue weighted by Gasteiger charge is 2.10. The van der Waals surface area contributed by atoms with E-state index in [4.69, 9.17) is 21.1 Å². The van der Waals surface area contributed by atoms with Crippen molar-refractivity contribution in [2.24, 2.45) is 0 Å². The second-order valence-corrected chi connectivity index (χ2v) is 4.65. The topological polar surface area (TPSA) is 21.7 Å². The van der Waals surface area contributed by atoms with Crippen LogP contribution in [0.2, 0.25) is 0 Å². The van der Waals surface area contributed by atoms with Gasteiger partial charge in [-0.05, 0) is 18.2 Å². The minimum atomic E-state index is -0.372. The third-order valence-corrected chi connectivity index (χ3v) is 3.13. The Kier molecular flexibility index (Phi) is 6.13. The van der Waals surface area contributed by atoms with Gasteiger partial charge in [0.25, 0.3) is 0 Å². The van der Waals surface area contributed by atoms with E-state index in [1.807, 2.05) is 0 Å². The molecule has 1 heterocycles. The van der Waals surface area contributed by atoms with Gasteiger partial charge in [0.1, 0.15) is 6.61 Å². The first-order valence-electron chi connectivity index (χ1n) is 6.57. The molecule has 0 amide bonds. The lowest BCUT2D eigenvalue weighted by molar-refractivity contribution is 0.0320. The molecule has 0 spiro atoms. The average Bonchev–Trinajstić information content (AvgIpc) is 2.49. The van der Waals surface area contributed by atoms with E-state index in [0.717, 1.165) is 32.8 Å². The fourth-order valence-electron chi connectivity index (χ4n) is 1.94. The van der Waals surface area contributed by atoms with Crippen molar-refractivity contribution in [3.63, 3.8) is 0 Å². The molecular weight excluding hydrogens is 281 g/mol. The number of nitrogens with zero attached hydrogens (tertiary/aromatic N) is 1. The zero-order valence-electron chi connectivity index (χ0n) is 11.2. The first-order valence-corrected chi connectivity index (χ1v) is 7.10. The third-order valence-electron chi connectivity index (χ3n) is 3.00. The molecule has 1 aromatic rings. The number of benzene rings is 1. The van der Waals surface area contributed by atoms with Crippen LogP contribution in [0.3, 0.4) is 0 Å². The molecule has 2 rings (SSSR count). The van der Waals surface area contributed by atoms with Crippen molar-refractivity contribution in [2.75, 3.05) is 45.3 Å². The lowest BCUT2D eigenvalue weighted by Gasteiger charge is -2.26. The van der Waals surface area contributed by atoms with Crippen molar-refractivity contribution in [2.45, 2.75) is 0 Å². The van der Waals surface area contributed by atoms with Gasteiger partial charge in [-0.1, -0.05) is 11.8 Å². The molecule has 0 saturated carbocycles. The molecule has 0 unspecified atom stereocenters. The summed E-state index contributed by atoms with van der Waals surface area (Å²) in [7, 11) is 0. The van der Waals surface area contributed by atoms with Crippen molar-refractivity contribution >= 4 is 11.6 Å².